The van der Waals surface area contributed by atoms with E-state index in [-0.39, 0.29) is 0 Å². The molecule has 8 heteroatoms. The van der Waals surface area contributed by atoms with Crippen molar-refractivity contribution in [1.82, 2.24) is 39.9 Å². The molecule has 0 saturated carbocycles. The third-order valence-electron chi connectivity index (χ3n) is 10.1. The minimum absolute atomic E-state index is 0.529. The van der Waals surface area contributed by atoms with Gasteiger partial charge in [0.2, 0.25) is 0 Å². The molecule has 0 N–H and O–H groups in total. The SMILES string of the molecule is c1ccc(-c2cc(-c3ccccc3-c3cc(-c4ccccn4)nc(-c4ccc(-c5nc(-c6ccccc6)nc(-c6ccccc6)n5)cn4)c3)nc(-c3ccccc3)n2)cc1. The Morgan fingerprint density at radius 1 is 0.233 bits per heavy atom. The molecular formula is C52H34N8. The molecule has 60 heavy (non-hydrogen) atoms. The molecule has 0 spiro atoms. The van der Waals surface area contributed by atoms with Crippen molar-refractivity contribution in [3.63, 3.8) is 0 Å². The molecule has 5 aromatic carbocycles. The quantitative estimate of drug-likeness (QED) is 0.143. The largest absolute Gasteiger partial charge is 0.255 e. The number of rotatable bonds is 9. The third kappa shape index (κ3) is 7.56. The van der Waals surface area contributed by atoms with Crippen LogP contribution in [0.5, 0.6) is 0 Å². The highest BCUT2D eigenvalue weighted by Crippen LogP contribution is 2.37. The lowest BCUT2D eigenvalue weighted by Crippen LogP contribution is -2.00. The van der Waals surface area contributed by atoms with Crippen molar-refractivity contribution < 1.29 is 0 Å². The maximum atomic E-state index is 5.17. The molecule has 5 heterocycles. The van der Waals surface area contributed by atoms with Gasteiger partial charge in [-0.25, -0.2) is 29.9 Å². The Kier molecular flexibility index (Phi) is 9.75. The lowest BCUT2D eigenvalue weighted by Gasteiger charge is -2.15. The van der Waals surface area contributed by atoms with E-state index in [9.17, 15) is 0 Å². The molecular weight excluding hydrogens is 737 g/mol. The average Bonchev–Trinajstić information content (AvgIpc) is 3.35. The minimum Gasteiger partial charge on any atom is -0.255 e. The summed E-state index contributed by atoms with van der Waals surface area (Å²) in [5.74, 6) is 2.36. The number of benzene rings is 5. The second kappa shape index (κ2) is 16.2. The van der Waals surface area contributed by atoms with Crippen LogP contribution in [0.3, 0.4) is 0 Å². The third-order valence-corrected chi connectivity index (χ3v) is 10.1. The van der Waals surface area contributed by atoms with Crippen LogP contribution in [0.4, 0.5) is 0 Å². The standard InChI is InChI=1S/C52H34N8/c1-5-17-35(18-6-1)45-33-46(57-49(56-45)36-19-7-2-8-20-36)42-26-14-13-25-41(42)40-31-47(43-27-15-16-30-53-43)55-48(32-40)44-29-28-39(34-54-44)52-59-50(37-21-9-3-10-22-37)58-51(60-52)38-23-11-4-12-24-38/h1-34H. The smallest absolute Gasteiger partial charge is 0.165 e. The summed E-state index contributed by atoms with van der Waals surface area (Å²) < 4.78 is 0. The number of hydrogen-bond acceptors (Lipinski definition) is 8. The van der Waals surface area contributed by atoms with E-state index in [2.05, 4.69) is 47.4 Å². The summed E-state index contributed by atoms with van der Waals surface area (Å²) in [6.45, 7) is 0. The van der Waals surface area contributed by atoms with Gasteiger partial charge in [0.25, 0.3) is 0 Å². The van der Waals surface area contributed by atoms with Gasteiger partial charge >= 0.3 is 0 Å². The lowest BCUT2D eigenvalue weighted by molar-refractivity contribution is 1.07. The van der Waals surface area contributed by atoms with E-state index in [0.717, 1.165) is 67.3 Å². The fourth-order valence-corrected chi connectivity index (χ4v) is 7.09. The van der Waals surface area contributed by atoms with Gasteiger partial charge in [0.05, 0.1) is 34.2 Å². The first kappa shape index (κ1) is 36.0. The highest BCUT2D eigenvalue weighted by molar-refractivity contribution is 5.87. The zero-order valence-corrected chi connectivity index (χ0v) is 32.2. The van der Waals surface area contributed by atoms with Gasteiger partial charge < -0.3 is 0 Å². The van der Waals surface area contributed by atoms with Crippen LogP contribution >= 0.6 is 0 Å². The van der Waals surface area contributed by atoms with Crippen molar-refractivity contribution >= 4 is 0 Å². The summed E-state index contributed by atoms with van der Waals surface area (Å²) in [4.78, 5) is 39.6. The number of pyridine rings is 3. The van der Waals surface area contributed by atoms with Gasteiger partial charge in [0, 0.05) is 45.8 Å². The molecule has 0 bridgehead atoms. The number of aromatic nitrogens is 8. The van der Waals surface area contributed by atoms with Gasteiger partial charge in [-0.3, -0.25) is 9.97 Å². The molecule has 0 saturated heterocycles. The van der Waals surface area contributed by atoms with E-state index in [1.165, 1.54) is 0 Å². The second-order valence-corrected chi connectivity index (χ2v) is 14.1. The molecule has 0 aliphatic carbocycles. The van der Waals surface area contributed by atoms with Crippen LogP contribution in [0.2, 0.25) is 0 Å². The molecule has 10 rings (SSSR count). The fourth-order valence-electron chi connectivity index (χ4n) is 7.09. The fraction of sp³-hybridized carbons (Fsp3) is 0. The summed E-state index contributed by atoms with van der Waals surface area (Å²) in [5.41, 5.74) is 11.9. The van der Waals surface area contributed by atoms with Crippen LogP contribution in [0.25, 0.3) is 102 Å². The first-order valence-electron chi connectivity index (χ1n) is 19.6. The summed E-state index contributed by atoms with van der Waals surface area (Å²) in [6.07, 6.45) is 3.58. The van der Waals surface area contributed by atoms with Crippen LogP contribution in [0.15, 0.2) is 207 Å². The van der Waals surface area contributed by atoms with Crippen LogP contribution < -0.4 is 0 Å². The van der Waals surface area contributed by atoms with Gasteiger partial charge in [-0.05, 0) is 53.6 Å². The molecule has 10 aromatic rings. The molecule has 8 nitrogen and oxygen atoms in total. The molecule has 0 aliphatic heterocycles. The van der Waals surface area contributed by atoms with Gasteiger partial charge in [0.1, 0.15) is 0 Å². The molecule has 0 fully saturated rings. The maximum Gasteiger partial charge on any atom is 0.165 e. The molecule has 5 aromatic heterocycles. The highest BCUT2D eigenvalue weighted by Gasteiger charge is 2.18. The molecule has 0 amide bonds. The van der Waals surface area contributed by atoms with E-state index in [0.29, 0.717) is 34.7 Å². The van der Waals surface area contributed by atoms with Crippen molar-refractivity contribution in [2.45, 2.75) is 0 Å². The molecule has 0 atom stereocenters. The normalized spacial score (nSPS) is 11.0. The van der Waals surface area contributed by atoms with Crippen molar-refractivity contribution in [2.24, 2.45) is 0 Å². The van der Waals surface area contributed by atoms with E-state index >= 15 is 0 Å². The van der Waals surface area contributed by atoms with Crippen LogP contribution in [0, 0.1) is 0 Å². The van der Waals surface area contributed by atoms with Crippen LogP contribution in [-0.2, 0) is 0 Å². The molecule has 0 aliphatic rings. The van der Waals surface area contributed by atoms with Gasteiger partial charge in [-0.1, -0.05) is 152 Å². The number of hydrogen-bond donors (Lipinski definition) is 0. The summed E-state index contributed by atoms with van der Waals surface area (Å²) in [6, 6.07) is 64.5. The molecule has 282 valence electrons. The first-order chi connectivity index (χ1) is 29.7. The Bertz CT molecular complexity index is 2940. The van der Waals surface area contributed by atoms with Crippen molar-refractivity contribution in [1.29, 1.82) is 0 Å². The Morgan fingerprint density at radius 2 is 0.700 bits per heavy atom. The predicted octanol–water partition coefficient (Wildman–Crippen LogP) is 11.8. The average molecular weight is 771 g/mol. The van der Waals surface area contributed by atoms with Crippen LogP contribution in [0.1, 0.15) is 0 Å². The predicted molar refractivity (Wildman–Crippen MR) is 238 cm³/mol. The van der Waals surface area contributed by atoms with E-state index < -0.39 is 0 Å². The monoisotopic (exact) mass is 770 g/mol. The zero-order valence-electron chi connectivity index (χ0n) is 32.2. The summed E-state index contributed by atoms with van der Waals surface area (Å²) >= 11 is 0. The van der Waals surface area contributed by atoms with Crippen LogP contribution in [-0.4, -0.2) is 39.9 Å². The topological polar surface area (TPSA) is 103 Å². The summed E-state index contributed by atoms with van der Waals surface area (Å²) in [7, 11) is 0. The Hall–Kier alpha value is -8.36. The van der Waals surface area contributed by atoms with Crippen molar-refractivity contribution in [3.05, 3.63) is 207 Å². The molecule has 0 unspecified atom stereocenters. The molecule has 0 radical (unpaired) electrons. The van der Waals surface area contributed by atoms with Gasteiger partial charge in [-0.15, -0.1) is 0 Å². The van der Waals surface area contributed by atoms with Crippen molar-refractivity contribution in [3.8, 4) is 102 Å². The summed E-state index contributed by atoms with van der Waals surface area (Å²) in [5, 5.41) is 0. The zero-order chi connectivity index (χ0) is 40.1. The second-order valence-electron chi connectivity index (χ2n) is 14.1. The maximum absolute atomic E-state index is 5.17. The Morgan fingerprint density at radius 3 is 1.23 bits per heavy atom. The Labute approximate surface area is 347 Å². The van der Waals surface area contributed by atoms with E-state index in [1.54, 1.807) is 12.4 Å². The van der Waals surface area contributed by atoms with E-state index in [1.807, 2.05) is 152 Å². The number of nitrogens with zero attached hydrogens (tertiary/aromatic N) is 8. The lowest BCUT2D eigenvalue weighted by atomic mass is 9.95. The minimum atomic E-state index is 0.529. The van der Waals surface area contributed by atoms with Gasteiger partial charge in [-0.2, -0.15) is 0 Å². The van der Waals surface area contributed by atoms with Gasteiger partial charge in [0.15, 0.2) is 23.3 Å². The van der Waals surface area contributed by atoms with Crippen molar-refractivity contribution in [2.75, 3.05) is 0 Å². The Balaban J connectivity index is 1.09. The first-order valence-corrected chi connectivity index (χ1v) is 19.6. The van der Waals surface area contributed by atoms with E-state index in [4.69, 9.17) is 34.9 Å². The highest BCUT2D eigenvalue weighted by atomic mass is 15.0.